The van der Waals surface area contributed by atoms with Gasteiger partial charge in [0.05, 0.1) is 22.7 Å². The molecule has 131 heavy (non-hydrogen) atoms. The smallest absolute Gasteiger partial charge is 0.318 e. The van der Waals surface area contributed by atoms with E-state index in [2.05, 4.69) is 160 Å². The van der Waals surface area contributed by atoms with E-state index in [4.69, 9.17) is 40.0 Å². The molecule has 28 heteroatoms. The molecular weight excluding hydrogens is 1860 g/mol. The Morgan fingerprint density at radius 3 is 0.908 bits per heavy atom. The number of hydrogen-bond acceptors (Lipinski definition) is 12. The fraction of sp³-hybridized carbons (Fsp3) is 0.243. The molecule has 0 saturated carbocycles. The summed E-state index contributed by atoms with van der Waals surface area (Å²) in [6.07, 6.45) is 0. The summed E-state index contributed by atoms with van der Waals surface area (Å²) in [6.45, 7) is 28.2. The van der Waals surface area contributed by atoms with Gasteiger partial charge in [-0.3, -0.25) is 0 Å². The van der Waals surface area contributed by atoms with Crippen LogP contribution in [0, 0.1) is 99.4 Å². The van der Waals surface area contributed by atoms with Gasteiger partial charge in [-0.1, -0.05) is 188 Å². The highest BCUT2D eigenvalue weighted by atomic mass is 127. The number of carbonyl (C=O) groups excluding carboxylic acids is 6. The highest BCUT2D eigenvalue weighted by Crippen LogP contribution is 2.34. The molecule has 0 aliphatic carbocycles. The summed E-state index contributed by atoms with van der Waals surface area (Å²) in [5.74, 6) is 4.49. The first-order valence-electron chi connectivity index (χ1n) is 42.0. The highest BCUT2D eigenvalue weighted by Gasteiger charge is 2.19. The summed E-state index contributed by atoms with van der Waals surface area (Å²) in [6, 6.07) is 69.2. The summed E-state index contributed by atoms with van der Waals surface area (Å²) >= 11 is 12.0. The van der Waals surface area contributed by atoms with Gasteiger partial charge in [-0.15, -0.1) is 0 Å². The van der Waals surface area contributed by atoms with Gasteiger partial charge in [0.2, 0.25) is 0 Å². The number of benzene rings is 12. The minimum atomic E-state index is -0.418. The standard InChI is InChI=1S/C18H22N2O2.C17H19BrN2O2.C17H19ClN2O2.C17H19FN2O2.C17H19IN2O2.C17H20N2O2/c1-12-8-9-17(14(3)10-12)22-11-15-13(2)6-5-7-16(15)20-18(21)19-4;4*1-11-7-8-16(12(2)9-11)22-10-13-14(18)5-4-6-15(13)20-17(21)19-3;1-12-8-9-16(13(2)10-12)21-11-14-6-4-5-7-15(14)19-17(20)18-3/h5-10H,11H2,1-4H3,(H2,19,20,21);4*4-9H,10H2,1-3H3,(H2,19,20,21);4-10H,11H2,1-3H3,(H2,18,19,20). The SMILES string of the molecule is CNC(=O)Nc1cccc(Br)c1COc1ccc(C)cc1C.CNC(=O)Nc1cccc(C)c1COc1ccc(C)cc1C.CNC(=O)Nc1cccc(Cl)c1COc1ccc(C)cc1C.CNC(=O)Nc1cccc(F)c1COc1ccc(C)cc1C.CNC(=O)Nc1cccc(I)c1COc1ccc(C)cc1C.CNC(=O)Nc1ccccc1COc1ccc(C)cc1C. The van der Waals surface area contributed by atoms with Gasteiger partial charge in [0.1, 0.15) is 80.0 Å². The number of nitrogens with one attached hydrogen (secondary N) is 12. The van der Waals surface area contributed by atoms with E-state index in [1.807, 2.05) is 220 Å². The van der Waals surface area contributed by atoms with Gasteiger partial charge in [0.25, 0.3) is 0 Å². The second-order valence-corrected chi connectivity index (χ2v) is 32.8. The number of rotatable bonds is 24. The summed E-state index contributed by atoms with van der Waals surface area (Å²) < 4.78 is 51.2. The zero-order valence-corrected chi connectivity index (χ0v) is 82.0. The van der Waals surface area contributed by atoms with Crippen LogP contribution in [0.1, 0.15) is 106 Å². The molecule has 0 radical (unpaired) electrons. The lowest BCUT2D eigenvalue weighted by atomic mass is 10.1. The zero-order valence-electron chi connectivity index (χ0n) is 77.5. The van der Waals surface area contributed by atoms with Crippen LogP contribution in [0.4, 0.5) is 67.3 Å². The van der Waals surface area contributed by atoms with Crippen LogP contribution < -0.4 is 92.2 Å². The number of aryl methyl sites for hydroxylation is 13. The molecule has 24 nitrogen and oxygen atoms in total. The Labute approximate surface area is 795 Å². The van der Waals surface area contributed by atoms with Crippen LogP contribution >= 0.6 is 50.1 Å². The van der Waals surface area contributed by atoms with Crippen molar-refractivity contribution < 1.29 is 61.6 Å². The van der Waals surface area contributed by atoms with Crippen molar-refractivity contribution >= 4 is 120 Å². The van der Waals surface area contributed by atoms with E-state index in [1.54, 1.807) is 65.6 Å². The summed E-state index contributed by atoms with van der Waals surface area (Å²) in [5, 5.41) is 32.3. The van der Waals surface area contributed by atoms with Crippen LogP contribution in [0.5, 0.6) is 34.5 Å². The number of amides is 12. The van der Waals surface area contributed by atoms with E-state index < -0.39 is 11.8 Å². The van der Waals surface area contributed by atoms with Crippen molar-refractivity contribution in [1.29, 1.82) is 0 Å². The van der Waals surface area contributed by atoms with Crippen LogP contribution in [0.2, 0.25) is 5.02 Å². The van der Waals surface area contributed by atoms with Crippen molar-refractivity contribution in [2.45, 2.75) is 130 Å². The maximum Gasteiger partial charge on any atom is 0.318 e. The minimum absolute atomic E-state index is 0.0376. The molecule has 0 aliphatic rings. The zero-order chi connectivity index (χ0) is 95.8. The molecule has 12 aromatic rings. The van der Waals surface area contributed by atoms with E-state index >= 15 is 0 Å². The first-order chi connectivity index (χ1) is 62.6. The minimum Gasteiger partial charge on any atom is -0.489 e. The van der Waals surface area contributed by atoms with E-state index in [-0.39, 0.29) is 43.4 Å². The monoisotopic (exact) mass is 1970 g/mol. The van der Waals surface area contributed by atoms with Gasteiger partial charge in [0, 0.05) is 100 Å². The van der Waals surface area contributed by atoms with Crippen molar-refractivity contribution in [2.24, 2.45) is 0 Å². The van der Waals surface area contributed by atoms with Gasteiger partial charge < -0.3 is 92.2 Å². The molecule has 12 rings (SSSR count). The Balaban J connectivity index is 0.000000215. The van der Waals surface area contributed by atoms with E-state index in [1.165, 1.54) is 40.9 Å². The number of halogens is 4. The van der Waals surface area contributed by atoms with Crippen LogP contribution in [0.3, 0.4) is 0 Å². The number of carbonyl (C=O) groups is 6. The van der Waals surface area contributed by atoms with Crippen LogP contribution in [0.15, 0.2) is 229 Å². The summed E-state index contributed by atoms with van der Waals surface area (Å²) in [7, 11) is 9.42. The third kappa shape index (κ3) is 34.1. The van der Waals surface area contributed by atoms with E-state index in [0.29, 0.717) is 54.1 Å². The van der Waals surface area contributed by atoms with Gasteiger partial charge >= 0.3 is 36.2 Å². The van der Waals surface area contributed by atoms with Gasteiger partial charge in [-0.25, -0.2) is 33.2 Å². The van der Waals surface area contributed by atoms with Crippen molar-refractivity contribution in [3.8, 4) is 34.5 Å². The van der Waals surface area contributed by atoms with E-state index in [9.17, 15) is 33.2 Å². The maximum absolute atomic E-state index is 14.0. The number of hydrogen-bond donors (Lipinski definition) is 12. The lowest BCUT2D eigenvalue weighted by Crippen LogP contribution is -2.25. The normalized spacial score (nSPS) is 10.2. The third-order valence-electron chi connectivity index (χ3n) is 20.0. The van der Waals surface area contributed by atoms with Crippen molar-refractivity contribution in [1.82, 2.24) is 31.9 Å². The molecular formula is C103H118BrClFIN12O12. The Hall–Kier alpha value is -13.5. The number of ether oxygens (including phenoxy) is 6. The Bertz CT molecular complexity index is 5210. The van der Waals surface area contributed by atoms with Crippen LogP contribution in [-0.4, -0.2) is 78.5 Å². The van der Waals surface area contributed by atoms with Crippen LogP contribution in [0.25, 0.3) is 0 Å². The van der Waals surface area contributed by atoms with Gasteiger partial charge in [-0.05, 0) is 249 Å². The molecule has 690 valence electrons. The molecule has 12 aromatic carbocycles. The van der Waals surface area contributed by atoms with Crippen molar-refractivity contribution in [3.05, 3.63) is 349 Å². The third-order valence-corrected chi connectivity index (χ3v) is 22.1. The highest BCUT2D eigenvalue weighted by molar-refractivity contribution is 14.1. The lowest BCUT2D eigenvalue weighted by Gasteiger charge is -2.15. The van der Waals surface area contributed by atoms with Crippen LogP contribution in [-0.2, 0) is 39.6 Å². The van der Waals surface area contributed by atoms with E-state index in [0.717, 1.165) is 132 Å². The molecule has 0 heterocycles. The molecule has 0 saturated heterocycles. The second kappa shape index (κ2) is 53.5. The fourth-order valence-corrected chi connectivity index (χ4v) is 14.2. The first-order valence-corrected chi connectivity index (χ1v) is 44.3. The molecule has 0 aliphatic heterocycles. The van der Waals surface area contributed by atoms with Crippen molar-refractivity contribution in [3.63, 3.8) is 0 Å². The fourth-order valence-electron chi connectivity index (χ4n) is 12.9. The Kier molecular flexibility index (Phi) is 42.7. The number of urea groups is 6. The molecule has 12 amide bonds. The number of anilines is 6. The maximum atomic E-state index is 14.0. The molecule has 0 aromatic heterocycles. The molecule has 0 atom stereocenters. The summed E-state index contributed by atoms with van der Waals surface area (Å²) in [5.41, 5.74) is 23.5. The second-order valence-electron chi connectivity index (χ2n) is 30.4. The average Bonchev–Trinajstić information content (AvgIpc) is 0.849. The van der Waals surface area contributed by atoms with Gasteiger partial charge in [0.15, 0.2) is 0 Å². The topological polar surface area (TPSA) is 302 Å². The van der Waals surface area contributed by atoms with Crippen molar-refractivity contribution in [2.75, 3.05) is 74.2 Å². The average molecular weight is 1980 g/mol. The van der Waals surface area contributed by atoms with Gasteiger partial charge in [-0.2, -0.15) is 0 Å². The molecule has 0 unspecified atom stereocenters. The Morgan fingerprint density at radius 1 is 0.282 bits per heavy atom. The largest absolute Gasteiger partial charge is 0.489 e. The Morgan fingerprint density at radius 2 is 0.542 bits per heavy atom. The lowest BCUT2D eigenvalue weighted by molar-refractivity contribution is 0.253. The molecule has 0 bridgehead atoms. The summed E-state index contributed by atoms with van der Waals surface area (Å²) in [4.78, 5) is 69.0. The predicted molar refractivity (Wildman–Crippen MR) is 539 cm³/mol. The predicted octanol–water partition coefficient (Wildman–Crippen LogP) is 24.3. The molecule has 12 N–H and O–H groups in total. The quantitative estimate of drug-likeness (QED) is 0.0251. The molecule has 0 spiro atoms. The molecule has 0 fully saturated rings. The number of para-hydroxylation sites is 1. The first kappa shape index (κ1) is 105.